The Balaban J connectivity index is 2.87. The van der Waals surface area contributed by atoms with Crippen molar-refractivity contribution in [1.82, 2.24) is 5.32 Å². The Morgan fingerprint density at radius 1 is 1.28 bits per heavy atom. The molecule has 0 unspecified atom stereocenters. The highest BCUT2D eigenvalue weighted by atomic mass is 35.5. The SMILES string of the molecule is CC(C)C(=O)N[C@@H](CC(=O)O)c1ccc(Cl)cc1. The van der Waals surface area contributed by atoms with E-state index in [0.29, 0.717) is 5.02 Å². The largest absolute Gasteiger partial charge is 0.481 e. The van der Waals surface area contributed by atoms with Crippen molar-refractivity contribution in [2.24, 2.45) is 5.92 Å². The van der Waals surface area contributed by atoms with Gasteiger partial charge in [0.15, 0.2) is 0 Å². The average molecular weight is 270 g/mol. The Morgan fingerprint density at radius 2 is 1.83 bits per heavy atom. The summed E-state index contributed by atoms with van der Waals surface area (Å²) in [5.74, 6) is -1.32. The molecule has 1 atom stereocenters. The lowest BCUT2D eigenvalue weighted by atomic mass is 10.0. The molecule has 1 rings (SSSR count). The molecule has 98 valence electrons. The molecule has 18 heavy (non-hydrogen) atoms. The maximum atomic E-state index is 11.6. The second-order valence-corrected chi connectivity index (χ2v) is 4.80. The first-order valence-corrected chi connectivity index (χ1v) is 6.05. The van der Waals surface area contributed by atoms with Gasteiger partial charge in [-0.25, -0.2) is 0 Å². The molecule has 5 heteroatoms. The molecular weight excluding hydrogens is 254 g/mol. The van der Waals surface area contributed by atoms with Crippen LogP contribution in [-0.2, 0) is 9.59 Å². The van der Waals surface area contributed by atoms with Gasteiger partial charge < -0.3 is 10.4 Å². The Morgan fingerprint density at radius 3 is 2.28 bits per heavy atom. The number of hydrogen-bond acceptors (Lipinski definition) is 2. The van der Waals surface area contributed by atoms with E-state index in [2.05, 4.69) is 5.32 Å². The molecule has 0 aliphatic heterocycles. The van der Waals surface area contributed by atoms with E-state index in [1.165, 1.54) is 0 Å². The number of halogens is 1. The summed E-state index contributed by atoms with van der Waals surface area (Å²) in [7, 11) is 0. The highest BCUT2D eigenvalue weighted by Gasteiger charge is 2.19. The van der Waals surface area contributed by atoms with E-state index in [4.69, 9.17) is 16.7 Å². The minimum Gasteiger partial charge on any atom is -0.481 e. The van der Waals surface area contributed by atoms with Crippen molar-refractivity contribution in [2.75, 3.05) is 0 Å². The Hall–Kier alpha value is -1.55. The molecule has 0 bridgehead atoms. The zero-order valence-corrected chi connectivity index (χ0v) is 11.1. The Bertz CT molecular complexity index is 428. The van der Waals surface area contributed by atoms with E-state index < -0.39 is 12.0 Å². The minimum absolute atomic E-state index is 0.153. The summed E-state index contributed by atoms with van der Waals surface area (Å²) in [4.78, 5) is 22.5. The molecule has 0 spiro atoms. The molecule has 1 aromatic rings. The van der Waals surface area contributed by atoms with E-state index in [0.717, 1.165) is 5.56 Å². The van der Waals surface area contributed by atoms with Crippen LogP contribution in [0.25, 0.3) is 0 Å². The summed E-state index contributed by atoms with van der Waals surface area (Å²) in [6.07, 6.45) is -0.153. The van der Waals surface area contributed by atoms with Gasteiger partial charge in [-0.15, -0.1) is 0 Å². The predicted octanol–water partition coefficient (Wildman–Crippen LogP) is 2.63. The number of benzene rings is 1. The smallest absolute Gasteiger partial charge is 0.305 e. The minimum atomic E-state index is -0.959. The molecule has 1 aromatic carbocycles. The normalized spacial score (nSPS) is 12.2. The summed E-state index contributed by atoms with van der Waals surface area (Å²) < 4.78 is 0. The van der Waals surface area contributed by atoms with Gasteiger partial charge in [-0.05, 0) is 17.7 Å². The molecule has 0 saturated heterocycles. The highest BCUT2D eigenvalue weighted by molar-refractivity contribution is 6.30. The number of amides is 1. The molecule has 2 N–H and O–H groups in total. The van der Waals surface area contributed by atoms with Crippen LogP contribution in [0, 0.1) is 5.92 Å². The van der Waals surface area contributed by atoms with E-state index in [9.17, 15) is 9.59 Å². The van der Waals surface area contributed by atoms with Crippen LogP contribution < -0.4 is 5.32 Å². The van der Waals surface area contributed by atoms with Gasteiger partial charge >= 0.3 is 5.97 Å². The van der Waals surface area contributed by atoms with Crippen LogP contribution in [0.4, 0.5) is 0 Å². The van der Waals surface area contributed by atoms with Crippen molar-refractivity contribution in [3.8, 4) is 0 Å². The number of carboxylic acid groups (broad SMARTS) is 1. The van der Waals surface area contributed by atoms with E-state index in [1.807, 2.05) is 0 Å². The maximum absolute atomic E-state index is 11.6. The zero-order valence-electron chi connectivity index (χ0n) is 10.3. The molecule has 4 nitrogen and oxygen atoms in total. The fourth-order valence-corrected chi connectivity index (χ4v) is 1.59. The van der Waals surface area contributed by atoms with Crippen molar-refractivity contribution >= 4 is 23.5 Å². The van der Waals surface area contributed by atoms with Crippen molar-refractivity contribution in [2.45, 2.75) is 26.3 Å². The van der Waals surface area contributed by atoms with Gasteiger partial charge in [-0.3, -0.25) is 9.59 Å². The van der Waals surface area contributed by atoms with E-state index in [1.54, 1.807) is 38.1 Å². The fraction of sp³-hybridized carbons (Fsp3) is 0.385. The molecule has 1 amide bonds. The topological polar surface area (TPSA) is 66.4 Å². The first kappa shape index (κ1) is 14.5. The highest BCUT2D eigenvalue weighted by Crippen LogP contribution is 2.20. The van der Waals surface area contributed by atoms with Crippen LogP contribution in [0.15, 0.2) is 24.3 Å². The molecule has 0 saturated carbocycles. The molecule has 0 aromatic heterocycles. The number of carbonyl (C=O) groups is 2. The monoisotopic (exact) mass is 269 g/mol. The Kier molecular flexibility index (Phi) is 5.16. The third kappa shape index (κ3) is 4.37. The number of hydrogen-bond donors (Lipinski definition) is 2. The number of aliphatic carboxylic acids is 1. The standard InChI is InChI=1S/C13H16ClNO3/c1-8(2)13(18)15-11(7-12(16)17)9-3-5-10(14)6-4-9/h3-6,8,11H,7H2,1-2H3,(H,15,18)(H,16,17)/t11-/m0/s1. The first-order chi connectivity index (χ1) is 8.40. The van der Waals surface area contributed by atoms with Crippen molar-refractivity contribution in [1.29, 1.82) is 0 Å². The van der Waals surface area contributed by atoms with Crippen molar-refractivity contribution in [3.05, 3.63) is 34.9 Å². The van der Waals surface area contributed by atoms with E-state index in [-0.39, 0.29) is 18.2 Å². The van der Waals surface area contributed by atoms with Gasteiger partial charge in [-0.2, -0.15) is 0 Å². The van der Waals surface area contributed by atoms with Crippen LogP contribution >= 0.6 is 11.6 Å². The van der Waals surface area contributed by atoms with Crippen LogP contribution in [0.3, 0.4) is 0 Å². The average Bonchev–Trinajstić information content (AvgIpc) is 2.28. The quantitative estimate of drug-likeness (QED) is 0.863. The van der Waals surface area contributed by atoms with Crippen LogP contribution in [0.5, 0.6) is 0 Å². The van der Waals surface area contributed by atoms with Gasteiger partial charge in [0.05, 0.1) is 12.5 Å². The molecule has 0 radical (unpaired) electrons. The molecular formula is C13H16ClNO3. The van der Waals surface area contributed by atoms with Gasteiger partial charge in [0.1, 0.15) is 0 Å². The molecule has 0 fully saturated rings. The van der Waals surface area contributed by atoms with Gasteiger partial charge in [0.25, 0.3) is 0 Å². The third-order valence-corrected chi connectivity index (χ3v) is 2.74. The summed E-state index contributed by atoms with van der Waals surface area (Å²) in [5.41, 5.74) is 0.732. The Labute approximate surface area is 111 Å². The fourth-order valence-electron chi connectivity index (χ4n) is 1.46. The van der Waals surface area contributed by atoms with Gasteiger partial charge in [-0.1, -0.05) is 37.6 Å². The van der Waals surface area contributed by atoms with Crippen molar-refractivity contribution in [3.63, 3.8) is 0 Å². The second-order valence-electron chi connectivity index (χ2n) is 4.37. The number of nitrogens with one attached hydrogen (secondary N) is 1. The zero-order chi connectivity index (χ0) is 13.7. The third-order valence-electron chi connectivity index (χ3n) is 2.49. The van der Waals surface area contributed by atoms with Gasteiger partial charge in [0, 0.05) is 10.9 Å². The molecule has 0 aliphatic carbocycles. The number of rotatable bonds is 5. The lowest BCUT2D eigenvalue weighted by molar-refractivity contribution is -0.137. The molecule has 0 heterocycles. The number of carbonyl (C=O) groups excluding carboxylic acids is 1. The summed E-state index contributed by atoms with van der Waals surface area (Å²) >= 11 is 5.77. The first-order valence-electron chi connectivity index (χ1n) is 5.67. The second kappa shape index (κ2) is 6.40. The van der Waals surface area contributed by atoms with Crippen LogP contribution in [-0.4, -0.2) is 17.0 Å². The predicted molar refractivity (Wildman–Crippen MR) is 69.4 cm³/mol. The lowest BCUT2D eigenvalue weighted by Crippen LogP contribution is -2.33. The van der Waals surface area contributed by atoms with Crippen molar-refractivity contribution < 1.29 is 14.7 Å². The van der Waals surface area contributed by atoms with E-state index >= 15 is 0 Å². The maximum Gasteiger partial charge on any atom is 0.305 e. The van der Waals surface area contributed by atoms with Crippen LogP contribution in [0.1, 0.15) is 31.9 Å². The number of carboxylic acids is 1. The molecule has 0 aliphatic rings. The summed E-state index contributed by atoms with van der Waals surface area (Å²) in [6.45, 7) is 3.52. The lowest BCUT2D eigenvalue weighted by Gasteiger charge is -2.18. The summed E-state index contributed by atoms with van der Waals surface area (Å²) in [6, 6.07) is 6.25. The van der Waals surface area contributed by atoms with Crippen LogP contribution in [0.2, 0.25) is 5.02 Å². The van der Waals surface area contributed by atoms with Gasteiger partial charge in [0.2, 0.25) is 5.91 Å². The summed E-state index contributed by atoms with van der Waals surface area (Å²) in [5, 5.41) is 12.2.